The molecule has 1 fully saturated rings. The van der Waals surface area contributed by atoms with Gasteiger partial charge in [0.15, 0.2) is 15.5 Å². The van der Waals surface area contributed by atoms with Crippen molar-refractivity contribution in [2.75, 3.05) is 11.5 Å². The Kier molecular flexibility index (Phi) is 3.19. The van der Waals surface area contributed by atoms with E-state index in [4.69, 9.17) is 5.11 Å². The van der Waals surface area contributed by atoms with Crippen LogP contribution in [0.25, 0.3) is 0 Å². The van der Waals surface area contributed by atoms with Crippen LogP contribution in [0.15, 0.2) is 6.07 Å². The maximum Gasteiger partial charge on any atom is 0.356 e. The Morgan fingerprint density at radius 1 is 1.59 bits per heavy atom. The molecular weight excluding hydrogens is 244 g/mol. The first-order valence-corrected chi connectivity index (χ1v) is 7.26. The molecule has 94 valence electrons. The second-order valence-corrected chi connectivity index (χ2v) is 6.64. The Labute approximate surface area is 99.0 Å². The van der Waals surface area contributed by atoms with Crippen molar-refractivity contribution in [2.24, 2.45) is 5.92 Å². The lowest BCUT2D eigenvalue weighted by atomic mass is 9.99. The summed E-state index contributed by atoms with van der Waals surface area (Å²) in [6.45, 7) is 0. The molecule has 7 heteroatoms. The lowest BCUT2D eigenvalue weighted by molar-refractivity contribution is 0.0690. The zero-order chi connectivity index (χ0) is 12.5. The first-order chi connectivity index (χ1) is 7.96. The molecule has 1 unspecified atom stereocenters. The number of carbonyl (C=O) groups is 1. The van der Waals surface area contributed by atoms with Crippen LogP contribution in [0.5, 0.6) is 0 Å². The highest BCUT2D eigenvalue weighted by Crippen LogP contribution is 2.21. The largest absolute Gasteiger partial charge is 0.476 e. The van der Waals surface area contributed by atoms with Crippen molar-refractivity contribution in [3.05, 3.63) is 17.5 Å². The van der Waals surface area contributed by atoms with Gasteiger partial charge in [-0.1, -0.05) is 0 Å². The third-order valence-corrected chi connectivity index (χ3v) is 4.81. The Morgan fingerprint density at radius 3 is 2.94 bits per heavy atom. The van der Waals surface area contributed by atoms with Gasteiger partial charge in [0.2, 0.25) is 0 Å². The molecule has 0 spiro atoms. The van der Waals surface area contributed by atoms with Gasteiger partial charge in [-0.15, -0.1) is 0 Å². The van der Waals surface area contributed by atoms with Gasteiger partial charge in [0, 0.05) is 5.69 Å². The summed E-state index contributed by atoms with van der Waals surface area (Å²) in [6, 6.07) is 1.46. The second kappa shape index (κ2) is 4.48. The van der Waals surface area contributed by atoms with E-state index in [-0.39, 0.29) is 23.1 Å². The molecule has 0 aromatic carbocycles. The number of aromatic nitrogens is 2. The summed E-state index contributed by atoms with van der Waals surface area (Å²) in [4.78, 5) is 10.6. The number of nitrogens with zero attached hydrogens (tertiary/aromatic N) is 1. The highest BCUT2D eigenvalue weighted by atomic mass is 32.2. The molecule has 2 N–H and O–H groups in total. The van der Waals surface area contributed by atoms with Crippen molar-refractivity contribution < 1.29 is 18.3 Å². The van der Waals surface area contributed by atoms with Crippen molar-refractivity contribution in [2.45, 2.75) is 19.3 Å². The van der Waals surface area contributed by atoms with E-state index in [1.54, 1.807) is 0 Å². The predicted molar refractivity (Wildman–Crippen MR) is 60.6 cm³/mol. The van der Waals surface area contributed by atoms with Crippen molar-refractivity contribution in [3.8, 4) is 0 Å². The van der Waals surface area contributed by atoms with E-state index in [1.165, 1.54) is 6.07 Å². The fourth-order valence-corrected chi connectivity index (χ4v) is 3.94. The number of nitrogens with one attached hydrogen (secondary N) is 1. The van der Waals surface area contributed by atoms with Gasteiger partial charge in [-0.25, -0.2) is 13.2 Å². The molecule has 0 radical (unpaired) electrons. The Bertz CT molecular complexity index is 520. The van der Waals surface area contributed by atoms with Gasteiger partial charge in [-0.2, -0.15) is 5.10 Å². The highest BCUT2D eigenvalue weighted by Gasteiger charge is 2.25. The van der Waals surface area contributed by atoms with Gasteiger partial charge in [0.25, 0.3) is 0 Å². The standard InChI is InChI=1S/C10H14N2O4S/c13-10(14)9-5-8(11-12-9)4-7-2-1-3-17(15,16)6-7/h5,7H,1-4,6H2,(H,11,12)(H,13,14). The number of hydrogen-bond donors (Lipinski definition) is 2. The number of hydrogen-bond acceptors (Lipinski definition) is 4. The van der Waals surface area contributed by atoms with E-state index in [0.717, 1.165) is 6.42 Å². The van der Waals surface area contributed by atoms with Crippen LogP contribution < -0.4 is 0 Å². The normalized spacial score (nSPS) is 23.4. The molecule has 6 nitrogen and oxygen atoms in total. The molecule has 1 aromatic heterocycles. The lowest BCUT2D eigenvalue weighted by Gasteiger charge is -2.20. The van der Waals surface area contributed by atoms with E-state index >= 15 is 0 Å². The minimum Gasteiger partial charge on any atom is -0.476 e. The molecule has 0 bridgehead atoms. The van der Waals surface area contributed by atoms with Crippen molar-refractivity contribution >= 4 is 15.8 Å². The fraction of sp³-hybridized carbons (Fsp3) is 0.600. The maximum atomic E-state index is 11.4. The smallest absolute Gasteiger partial charge is 0.356 e. The summed E-state index contributed by atoms with van der Waals surface area (Å²) in [5.41, 5.74) is 0.656. The highest BCUT2D eigenvalue weighted by molar-refractivity contribution is 7.91. The SMILES string of the molecule is O=C(O)c1cc(CC2CCCS(=O)(=O)C2)[nH]n1. The van der Waals surface area contributed by atoms with E-state index in [9.17, 15) is 13.2 Å². The maximum absolute atomic E-state index is 11.4. The van der Waals surface area contributed by atoms with Crippen LogP contribution in [0.2, 0.25) is 0 Å². The summed E-state index contributed by atoms with van der Waals surface area (Å²) < 4.78 is 22.9. The minimum atomic E-state index is -2.91. The molecule has 1 aliphatic heterocycles. The average Bonchev–Trinajstić information content (AvgIpc) is 2.64. The van der Waals surface area contributed by atoms with E-state index in [2.05, 4.69) is 10.2 Å². The summed E-state index contributed by atoms with van der Waals surface area (Å²) >= 11 is 0. The van der Waals surface area contributed by atoms with Crippen LogP contribution in [0.3, 0.4) is 0 Å². The number of carboxylic acid groups (broad SMARTS) is 1. The molecule has 0 aliphatic carbocycles. The fourth-order valence-electron chi connectivity index (χ4n) is 2.17. The molecule has 2 heterocycles. The molecule has 2 rings (SSSR count). The van der Waals surface area contributed by atoms with Gasteiger partial charge in [0.1, 0.15) is 0 Å². The van der Waals surface area contributed by atoms with E-state index < -0.39 is 15.8 Å². The van der Waals surface area contributed by atoms with Crippen LogP contribution in [-0.2, 0) is 16.3 Å². The second-order valence-electron chi connectivity index (χ2n) is 4.41. The summed E-state index contributed by atoms with van der Waals surface area (Å²) in [5.74, 6) is -0.555. The number of H-pyrrole nitrogens is 1. The van der Waals surface area contributed by atoms with E-state index in [1.807, 2.05) is 0 Å². The average molecular weight is 258 g/mol. The zero-order valence-corrected chi connectivity index (χ0v) is 10.0. The van der Waals surface area contributed by atoms with Gasteiger partial charge < -0.3 is 5.11 Å². The topological polar surface area (TPSA) is 100 Å². The van der Waals surface area contributed by atoms with Crippen LogP contribution in [0, 0.1) is 5.92 Å². The Hall–Kier alpha value is -1.37. The molecular formula is C10H14N2O4S. The van der Waals surface area contributed by atoms with Crippen LogP contribution in [0.1, 0.15) is 29.0 Å². The van der Waals surface area contributed by atoms with Crippen LogP contribution in [-0.4, -0.2) is 41.2 Å². The number of sulfone groups is 1. The Balaban J connectivity index is 2.03. The van der Waals surface area contributed by atoms with E-state index in [0.29, 0.717) is 18.5 Å². The van der Waals surface area contributed by atoms with Crippen LogP contribution in [0.4, 0.5) is 0 Å². The number of carboxylic acids is 1. The van der Waals surface area contributed by atoms with Crippen molar-refractivity contribution in [1.82, 2.24) is 10.2 Å². The van der Waals surface area contributed by atoms with Crippen molar-refractivity contribution in [1.29, 1.82) is 0 Å². The molecule has 0 amide bonds. The van der Waals surface area contributed by atoms with Gasteiger partial charge in [0.05, 0.1) is 11.5 Å². The van der Waals surface area contributed by atoms with Crippen LogP contribution >= 0.6 is 0 Å². The van der Waals surface area contributed by atoms with Crippen molar-refractivity contribution in [3.63, 3.8) is 0 Å². The Morgan fingerprint density at radius 2 is 2.35 bits per heavy atom. The zero-order valence-electron chi connectivity index (χ0n) is 9.22. The molecule has 1 atom stereocenters. The molecule has 17 heavy (non-hydrogen) atoms. The van der Waals surface area contributed by atoms with Gasteiger partial charge in [-0.05, 0) is 31.2 Å². The summed E-state index contributed by atoms with van der Waals surface area (Å²) in [7, 11) is -2.91. The number of aromatic carboxylic acids is 1. The third kappa shape index (κ3) is 3.06. The number of rotatable bonds is 3. The number of aromatic amines is 1. The molecule has 1 aliphatic rings. The first kappa shape index (κ1) is 12.1. The van der Waals surface area contributed by atoms with Gasteiger partial charge in [-0.3, -0.25) is 5.10 Å². The molecule has 1 aromatic rings. The lowest BCUT2D eigenvalue weighted by Crippen LogP contribution is -2.26. The minimum absolute atomic E-state index is 0.0290. The summed E-state index contributed by atoms with van der Waals surface area (Å²) in [5, 5.41) is 15.0. The quantitative estimate of drug-likeness (QED) is 0.821. The monoisotopic (exact) mass is 258 g/mol. The third-order valence-electron chi connectivity index (χ3n) is 2.92. The predicted octanol–water partition coefficient (Wildman–Crippen LogP) is 0.475. The first-order valence-electron chi connectivity index (χ1n) is 5.44. The summed E-state index contributed by atoms with van der Waals surface area (Å²) in [6.07, 6.45) is 2.09. The molecule has 0 saturated carbocycles. The van der Waals surface area contributed by atoms with Gasteiger partial charge >= 0.3 is 5.97 Å². The molecule has 1 saturated heterocycles.